The number of carbonyl (C=O) groups is 1. The van der Waals surface area contributed by atoms with Gasteiger partial charge in [0.25, 0.3) is 5.91 Å². The first-order valence-corrected chi connectivity index (χ1v) is 7.46. The van der Waals surface area contributed by atoms with Gasteiger partial charge >= 0.3 is 0 Å². The lowest BCUT2D eigenvalue weighted by atomic mass is 10.1. The van der Waals surface area contributed by atoms with E-state index >= 15 is 0 Å². The molecule has 0 saturated carbocycles. The van der Waals surface area contributed by atoms with Crippen LogP contribution in [-0.2, 0) is 6.42 Å². The molecular formula is C17H21FN4O. The molecule has 0 unspecified atom stereocenters. The monoisotopic (exact) mass is 316 g/mol. The molecule has 2 N–H and O–H groups in total. The van der Waals surface area contributed by atoms with Gasteiger partial charge in [-0.05, 0) is 44.9 Å². The van der Waals surface area contributed by atoms with Crippen LogP contribution in [0.2, 0.25) is 0 Å². The van der Waals surface area contributed by atoms with E-state index in [2.05, 4.69) is 20.6 Å². The number of rotatable bonds is 5. The first-order valence-electron chi connectivity index (χ1n) is 7.46. The number of hydrogen-bond donors (Lipinski definition) is 2. The molecule has 1 amide bonds. The van der Waals surface area contributed by atoms with E-state index in [4.69, 9.17) is 0 Å². The van der Waals surface area contributed by atoms with E-state index < -0.39 is 0 Å². The van der Waals surface area contributed by atoms with E-state index in [9.17, 15) is 9.18 Å². The van der Waals surface area contributed by atoms with Crippen LogP contribution >= 0.6 is 0 Å². The minimum Gasteiger partial charge on any atom is -0.354 e. The highest BCUT2D eigenvalue weighted by atomic mass is 19.1. The van der Waals surface area contributed by atoms with E-state index in [1.165, 1.54) is 24.5 Å². The molecule has 1 aromatic heterocycles. The van der Waals surface area contributed by atoms with Gasteiger partial charge in [0.2, 0.25) is 5.95 Å². The van der Waals surface area contributed by atoms with Crippen molar-refractivity contribution in [2.45, 2.75) is 32.7 Å². The predicted octanol–water partition coefficient (Wildman–Crippen LogP) is 2.80. The van der Waals surface area contributed by atoms with Gasteiger partial charge in [-0.2, -0.15) is 0 Å². The van der Waals surface area contributed by atoms with Crippen LogP contribution in [0, 0.1) is 5.82 Å². The van der Waals surface area contributed by atoms with E-state index in [1.807, 2.05) is 20.8 Å². The molecule has 1 aromatic carbocycles. The van der Waals surface area contributed by atoms with E-state index in [1.54, 1.807) is 12.1 Å². The summed E-state index contributed by atoms with van der Waals surface area (Å²) >= 11 is 0. The third-order valence-corrected chi connectivity index (χ3v) is 3.01. The van der Waals surface area contributed by atoms with Gasteiger partial charge in [-0.25, -0.2) is 14.4 Å². The van der Waals surface area contributed by atoms with Gasteiger partial charge in [0.1, 0.15) is 5.82 Å². The molecule has 2 rings (SSSR count). The SMILES string of the molecule is CC(C)(C)NC(=O)c1cnc(NCCc2ccc(F)cc2)nc1. The second kappa shape index (κ2) is 7.17. The fourth-order valence-corrected chi connectivity index (χ4v) is 1.92. The first kappa shape index (κ1) is 16.9. The molecule has 6 heteroatoms. The molecule has 0 fully saturated rings. The van der Waals surface area contributed by atoms with Crippen molar-refractivity contribution < 1.29 is 9.18 Å². The Hall–Kier alpha value is -2.50. The third kappa shape index (κ3) is 5.65. The van der Waals surface area contributed by atoms with Crippen LogP contribution in [0.4, 0.5) is 10.3 Å². The van der Waals surface area contributed by atoms with Crippen LogP contribution in [-0.4, -0.2) is 28.0 Å². The zero-order valence-electron chi connectivity index (χ0n) is 13.6. The van der Waals surface area contributed by atoms with Gasteiger partial charge in [0.15, 0.2) is 0 Å². The normalized spacial score (nSPS) is 11.1. The van der Waals surface area contributed by atoms with Crippen molar-refractivity contribution in [2.24, 2.45) is 0 Å². The van der Waals surface area contributed by atoms with Gasteiger partial charge in [0.05, 0.1) is 5.56 Å². The van der Waals surface area contributed by atoms with Gasteiger partial charge in [-0.1, -0.05) is 12.1 Å². The van der Waals surface area contributed by atoms with E-state index in [0.29, 0.717) is 18.1 Å². The van der Waals surface area contributed by atoms with Crippen LogP contribution < -0.4 is 10.6 Å². The summed E-state index contributed by atoms with van der Waals surface area (Å²) in [4.78, 5) is 20.2. The topological polar surface area (TPSA) is 66.9 Å². The van der Waals surface area contributed by atoms with Crippen LogP contribution in [0.25, 0.3) is 0 Å². The smallest absolute Gasteiger partial charge is 0.254 e. The summed E-state index contributed by atoms with van der Waals surface area (Å²) in [5, 5.41) is 5.93. The number of halogens is 1. The number of aromatic nitrogens is 2. The second-order valence-electron chi connectivity index (χ2n) is 6.30. The van der Waals surface area contributed by atoms with Crippen LogP contribution in [0.3, 0.4) is 0 Å². The van der Waals surface area contributed by atoms with Crippen LogP contribution in [0.1, 0.15) is 36.7 Å². The molecule has 1 heterocycles. The highest BCUT2D eigenvalue weighted by Crippen LogP contribution is 2.06. The van der Waals surface area contributed by atoms with Crippen molar-refractivity contribution in [2.75, 3.05) is 11.9 Å². The standard InChI is InChI=1S/C17H21FN4O/c1-17(2,3)22-15(23)13-10-20-16(21-11-13)19-9-8-12-4-6-14(18)7-5-12/h4-7,10-11H,8-9H2,1-3H3,(H,22,23)(H,19,20,21). The molecule has 122 valence electrons. The number of amides is 1. The molecule has 0 aliphatic carbocycles. The molecule has 0 bridgehead atoms. The Morgan fingerprint density at radius 3 is 2.30 bits per heavy atom. The van der Waals surface area contributed by atoms with Crippen molar-refractivity contribution in [1.29, 1.82) is 0 Å². The molecule has 2 aromatic rings. The Labute approximate surface area is 135 Å². The summed E-state index contributed by atoms with van der Waals surface area (Å²) in [6, 6.07) is 6.37. The highest BCUT2D eigenvalue weighted by molar-refractivity contribution is 5.94. The molecule has 23 heavy (non-hydrogen) atoms. The van der Waals surface area contributed by atoms with Crippen molar-refractivity contribution in [3.63, 3.8) is 0 Å². The number of benzene rings is 1. The number of nitrogens with one attached hydrogen (secondary N) is 2. The molecule has 0 aliphatic rings. The molecule has 0 aliphatic heterocycles. The maximum Gasteiger partial charge on any atom is 0.254 e. The first-order chi connectivity index (χ1) is 10.8. The van der Waals surface area contributed by atoms with Crippen LogP contribution in [0.15, 0.2) is 36.7 Å². The minimum absolute atomic E-state index is 0.199. The summed E-state index contributed by atoms with van der Waals surface area (Å²) in [6.45, 7) is 6.37. The zero-order valence-corrected chi connectivity index (χ0v) is 13.6. The molecule has 0 spiro atoms. The Kier molecular flexibility index (Phi) is 5.26. The predicted molar refractivity (Wildman–Crippen MR) is 87.8 cm³/mol. The van der Waals surface area contributed by atoms with Crippen molar-refractivity contribution in [3.8, 4) is 0 Å². The lowest BCUT2D eigenvalue weighted by molar-refractivity contribution is 0.0919. The number of carbonyl (C=O) groups excluding carboxylic acids is 1. The molecule has 0 radical (unpaired) electrons. The summed E-state index contributed by atoms with van der Waals surface area (Å²) in [5.41, 5.74) is 1.15. The van der Waals surface area contributed by atoms with Gasteiger partial charge in [-0.15, -0.1) is 0 Å². The summed E-state index contributed by atoms with van der Waals surface area (Å²) in [6.07, 6.45) is 3.72. The Morgan fingerprint density at radius 2 is 1.74 bits per heavy atom. The Bertz CT molecular complexity index is 648. The van der Waals surface area contributed by atoms with E-state index in [0.717, 1.165) is 12.0 Å². The minimum atomic E-state index is -0.302. The van der Waals surface area contributed by atoms with E-state index in [-0.39, 0.29) is 17.3 Å². The van der Waals surface area contributed by atoms with Gasteiger partial charge < -0.3 is 10.6 Å². The van der Waals surface area contributed by atoms with Crippen molar-refractivity contribution in [1.82, 2.24) is 15.3 Å². The molecular weight excluding hydrogens is 295 g/mol. The summed E-state index contributed by atoms with van der Waals surface area (Å²) in [7, 11) is 0. The van der Waals surface area contributed by atoms with Crippen LogP contribution in [0.5, 0.6) is 0 Å². The number of nitrogens with zero attached hydrogens (tertiary/aromatic N) is 2. The van der Waals surface area contributed by atoms with Crippen molar-refractivity contribution in [3.05, 3.63) is 53.6 Å². The maximum atomic E-state index is 12.8. The summed E-state index contributed by atoms with van der Waals surface area (Å²) in [5.74, 6) is 0.0175. The number of anilines is 1. The molecule has 5 nitrogen and oxygen atoms in total. The average molecular weight is 316 g/mol. The lowest BCUT2D eigenvalue weighted by Crippen LogP contribution is -2.40. The molecule has 0 atom stereocenters. The third-order valence-electron chi connectivity index (χ3n) is 3.01. The fourth-order valence-electron chi connectivity index (χ4n) is 1.92. The van der Waals surface area contributed by atoms with Gasteiger partial charge in [-0.3, -0.25) is 4.79 Å². The maximum absolute atomic E-state index is 12.8. The highest BCUT2D eigenvalue weighted by Gasteiger charge is 2.15. The average Bonchev–Trinajstić information content (AvgIpc) is 2.48. The largest absolute Gasteiger partial charge is 0.354 e. The second-order valence-corrected chi connectivity index (χ2v) is 6.30. The van der Waals surface area contributed by atoms with Crippen molar-refractivity contribution >= 4 is 11.9 Å². The Morgan fingerprint density at radius 1 is 1.13 bits per heavy atom. The number of hydrogen-bond acceptors (Lipinski definition) is 4. The Balaban J connectivity index is 1.85. The zero-order chi connectivity index (χ0) is 16.9. The quantitative estimate of drug-likeness (QED) is 0.890. The summed E-state index contributed by atoms with van der Waals surface area (Å²) < 4.78 is 12.8. The van der Waals surface area contributed by atoms with Gasteiger partial charge in [0, 0.05) is 24.5 Å². The molecule has 0 saturated heterocycles. The fraction of sp³-hybridized carbons (Fsp3) is 0.353. The lowest BCUT2D eigenvalue weighted by Gasteiger charge is -2.20.